The van der Waals surface area contributed by atoms with Crippen LogP contribution in [0.15, 0.2) is 78.9 Å². The predicted molar refractivity (Wildman–Crippen MR) is 142 cm³/mol. The minimum atomic E-state index is -0.902. The summed E-state index contributed by atoms with van der Waals surface area (Å²) in [7, 11) is 0. The molecule has 7 heteroatoms. The van der Waals surface area contributed by atoms with Gasteiger partial charge in [0.1, 0.15) is 17.7 Å². The van der Waals surface area contributed by atoms with Crippen LogP contribution in [0.25, 0.3) is 5.69 Å². The molecular weight excluding hydrogens is 467 g/mol. The molecule has 2 heterocycles. The second-order valence-corrected chi connectivity index (χ2v) is 9.72. The van der Waals surface area contributed by atoms with Gasteiger partial charge in [-0.25, -0.2) is 9.07 Å². The molecule has 0 aliphatic carbocycles. The van der Waals surface area contributed by atoms with Crippen molar-refractivity contribution in [2.75, 3.05) is 4.90 Å². The number of para-hydroxylation sites is 1. The molecule has 2 atom stereocenters. The van der Waals surface area contributed by atoms with Gasteiger partial charge in [0.2, 0.25) is 0 Å². The number of hydrogen-bond donors (Lipinski definition) is 1. The van der Waals surface area contributed by atoms with Gasteiger partial charge in [-0.05, 0) is 69.7 Å². The third-order valence-corrected chi connectivity index (χ3v) is 6.77. The Morgan fingerprint density at radius 2 is 1.68 bits per heavy atom. The molecule has 5 rings (SSSR count). The molecule has 188 valence electrons. The Hall–Kier alpha value is -4.26. The highest BCUT2D eigenvalue weighted by molar-refractivity contribution is 6.05. The lowest BCUT2D eigenvalue weighted by Crippen LogP contribution is -2.57. The highest BCUT2D eigenvalue weighted by atomic mass is 19.1. The van der Waals surface area contributed by atoms with Crippen LogP contribution < -0.4 is 10.2 Å². The second-order valence-electron chi connectivity index (χ2n) is 9.72. The normalized spacial score (nSPS) is 17.1. The van der Waals surface area contributed by atoms with E-state index in [-0.39, 0.29) is 23.7 Å². The van der Waals surface area contributed by atoms with Crippen LogP contribution >= 0.6 is 0 Å². The van der Waals surface area contributed by atoms with Gasteiger partial charge in [0.05, 0.1) is 11.4 Å². The van der Waals surface area contributed by atoms with Crippen LogP contribution in [-0.4, -0.2) is 33.7 Å². The van der Waals surface area contributed by atoms with Crippen molar-refractivity contribution >= 4 is 17.6 Å². The summed E-state index contributed by atoms with van der Waals surface area (Å²) in [6.45, 7) is 7.70. The summed E-state index contributed by atoms with van der Waals surface area (Å²) >= 11 is 0. The third-order valence-electron chi connectivity index (χ3n) is 6.77. The van der Waals surface area contributed by atoms with Crippen molar-refractivity contribution in [3.63, 3.8) is 0 Å². The molecule has 0 saturated heterocycles. The van der Waals surface area contributed by atoms with Gasteiger partial charge in [0.15, 0.2) is 0 Å². The maximum atomic E-state index is 14.2. The first-order chi connectivity index (χ1) is 17.8. The molecule has 3 aromatic carbocycles. The average molecular weight is 497 g/mol. The van der Waals surface area contributed by atoms with E-state index in [9.17, 15) is 14.0 Å². The van der Waals surface area contributed by atoms with Gasteiger partial charge in [-0.1, -0.05) is 48.0 Å². The van der Waals surface area contributed by atoms with Gasteiger partial charge in [0, 0.05) is 23.1 Å². The number of aryl methyl sites for hydroxylation is 2. The fourth-order valence-electron chi connectivity index (χ4n) is 5.12. The number of benzene rings is 3. The number of hydrogen-bond acceptors (Lipinski definition) is 3. The lowest BCUT2D eigenvalue weighted by atomic mass is 9.80. The van der Waals surface area contributed by atoms with Crippen LogP contribution in [0.5, 0.6) is 0 Å². The van der Waals surface area contributed by atoms with Gasteiger partial charge in [-0.15, -0.1) is 0 Å². The number of nitrogens with zero attached hydrogens (tertiary/aromatic N) is 3. The second kappa shape index (κ2) is 9.65. The number of carbonyl (C=O) groups excluding carboxylic acids is 2. The summed E-state index contributed by atoms with van der Waals surface area (Å²) in [6.07, 6.45) is 0. The zero-order valence-electron chi connectivity index (χ0n) is 21.3. The number of aromatic nitrogens is 2. The smallest absolute Gasteiger partial charge is 0.251 e. The lowest BCUT2D eigenvalue weighted by molar-refractivity contribution is -0.121. The van der Waals surface area contributed by atoms with E-state index in [4.69, 9.17) is 5.10 Å². The van der Waals surface area contributed by atoms with Crippen LogP contribution in [-0.2, 0) is 4.79 Å². The van der Waals surface area contributed by atoms with E-state index in [0.717, 1.165) is 28.1 Å². The van der Waals surface area contributed by atoms with Crippen molar-refractivity contribution < 1.29 is 14.0 Å². The Morgan fingerprint density at radius 3 is 2.32 bits per heavy atom. The highest BCUT2D eigenvalue weighted by Crippen LogP contribution is 2.44. The number of carbonyl (C=O) groups is 2. The van der Waals surface area contributed by atoms with Crippen molar-refractivity contribution in [2.24, 2.45) is 0 Å². The molecule has 0 radical (unpaired) electrons. The van der Waals surface area contributed by atoms with Crippen molar-refractivity contribution in [1.82, 2.24) is 15.1 Å². The van der Waals surface area contributed by atoms with E-state index >= 15 is 0 Å². The SMILES string of the molecule is Cc1cccc(C(=O)NC2C(=O)N(C(C)C)c3c(c(C)nn3-c3ccccc3)[C@@H]2c2ccc(F)cc2)c1. The number of fused-ring (bicyclic) bond motifs is 1. The number of nitrogens with one attached hydrogen (secondary N) is 1. The van der Waals surface area contributed by atoms with E-state index in [1.807, 2.05) is 70.2 Å². The Bertz CT molecular complexity index is 1460. The van der Waals surface area contributed by atoms with Gasteiger partial charge >= 0.3 is 0 Å². The first-order valence-electron chi connectivity index (χ1n) is 12.4. The summed E-state index contributed by atoms with van der Waals surface area (Å²) in [5, 5.41) is 7.86. The maximum absolute atomic E-state index is 14.2. The van der Waals surface area contributed by atoms with Crippen molar-refractivity contribution in [3.05, 3.63) is 113 Å². The molecule has 0 saturated carbocycles. The van der Waals surface area contributed by atoms with Crippen LogP contribution in [0.4, 0.5) is 10.2 Å². The summed E-state index contributed by atoms with van der Waals surface area (Å²) in [6, 6.07) is 21.9. The Morgan fingerprint density at radius 1 is 0.973 bits per heavy atom. The minimum Gasteiger partial charge on any atom is -0.339 e. The summed E-state index contributed by atoms with van der Waals surface area (Å²) < 4.78 is 15.7. The molecule has 1 aromatic heterocycles. The quantitative estimate of drug-likeness (QED) is 0.407. The fourth-order valence-corrected chi connectivity index (χ4v) is 5.12. The Kier molecular flexibility index (Phi) is 6.38. The third kappa shape index (κ3) is 4.42. The number of anilines is 1. The van der Waals surface area contributed by atoms with Crippen molar-refractivity contribution in [3.8, 4) is 5.69 Å². The minimum absolute atomic E-state index is 0.197. The average Bonchev–Trinajstić information content (AvgIpc) is 3.21. The van der Waals surface area contributed by atoms with Gasteiger partial charge in [-0.2, -0.15) is 5.10 Å². The van der Waals surface area contributed by atoms with Crippen molar-refractivity contribution in [1.29, 1.82) is 0 Å². The zero-order chi connectivity index (χ0) is 26.3. The molecular formula is C30H29FN4O2. The van der Waals surface area contributed by atoms with E-state index in [2.05, 4.69) is 5.32 Å². The molecule has 1 aliphatic rings. The summed E-state index contributed by atoms with van der Waals surface area (Å²) in [5.74, 6) is -0.834. The standard InChI is InChI=1S/C30H29FN4O2/c1-18(2)34-29-25(20(4)33-35(29)24-11-6-5-7-12-24)26(21-13-15-23(31)16-14-21)27(30(34)37)32-28(36)22-10-8-9-19(3)17-22/h5-18,26-27H,1-4H3,(H,32,36)/t26-,27?/m0/s1. The molecule has 6 nitrogen and oxygen atoms in total. The predicted octanol–water partition coefficient (Wildman–Crippen LogP) is 5.31. The fraction of sp³-hybridized carbons (Fsp3) is 0.233. The van der Waals surface area contributed by atoms with Crippen LogP contribution in [0.2, 0.25) is 0 Å². The van der Waals surface area contributed by atoms with Gasteiger partial charge in [0.25, 0.3) is 11.8 Å². The van der Waals surface area contributed by atoms with Crippen LogP contribution in [0.1, 0.15) is 52.5 Å². The monoisotopic (exact) mass is 496 g/mol. The Balaban J connectivity index is 1.71. The molecule has 1 N–H and O–H groups in total. The highest BCUT2D eigenvalue weighted by Gasteiger charge is 2.46. The molecule has 0 spiro atoms. The number of amides is 2. The van der Waals surface area contributed by atoms with E-state index in [0.29, 0.717) is 11.4 Å². The number of rotatable bonds is 5. The van der Waals surface area contributed by atoms with E-state index in [1.54, 1.807) is 33.8 Å². The molecule has 1 aliphatic heterocycles. The summed E-state index contributed by atoms with van der Waals surface area (Å²) in [5.41, 5.74) is 4.54. The molecule has 37 heavy (non-hydrogen) atoms. The molecule has 4 aromatic rings. The largest absolute Gasteiger partial charge is 0.339 e. The first kappa shape index (κ1) is 24.4. The topological polar surface area (TPSA) is 67.2 Å². The molecule has 0 fully saturated rings. The zero-order valence-corrected chi connectivity index (χ0v) is 21.3. The molecule has 1 unspecified atom stereocenters. The number of halogens is 1. The van der Waals surface area contributed by atoms with Gasteiger partial charge in [-0.3, -0.25) is 14.5 Å². The molecule has 2 amide bonds. The van der Waals surface area contributed by atoms with Crippen LogP contribution in [0.3, 0.4) is 0 Å². The molecule has 0 bridgehead atoms. The first-order valence-corrected chi connectivity index (χ1v) is 12.4. The van der Waals surface area contributed by atoms with Crippen LogP contribution in [0, 0.1) is 19.7 Å². The lowest BCUT2D eigenvalue weighted by Gasteiger charge is -2.40. The van der Waals surface area contributed by atoms with E-state index in [1.165, 1.54) is 12.1 Å². The van der Waals surface area contributed by atoms with Gasteiger partial charge < -0.3 is 5.32 Å². The van der Waals surface area contributed by atoms with Crippen molar-refractivity contribution in [2.45, 2.75) is 45.7 Å². The maximum Gasteiger partial charge on any atom is 0.251 e. The Labute approximate surface area is 215 Å². The van der Waals surface area contributed by atoms with E-state index < -0.39 is 12.0 Å². The summed E-state index contributed by atoms with van der Waals surface area (Å²) in [4.78, 5) is 29.3.